The van der Waals surface area contributed by atoms with E-state index >= 15 is 0 Å². The van der Waals surface area contributed by atoms with E-state index in [2.05, 4.69) is 16.0 Å². The highest BCUT2D eigenvalue weighted by molar-refractivity contribution is 5.95. The zero-order valence-corrected chi connectivity index (χ0v) is 16.0. The van der Waals surface area contributed by atoms with Gasteiger partial charge >= 0.3 is 0 Å². The van der Waals surface area contributed by atoms with E-state index in [4.69, 9.17) is 0 Å². The lowest BCUT2D eigenvalue weighted by Crippen LogP contribution is -2.26. The summed E-state index contributed by atoms with van der Waals surface area (Å²) in [6, 6.07) is 22.1. The van der Waals surface area contributed by atoms with E-state index < -0.39 is 0 Å². The Morgan fingerprint density at radius 1 is 0.862 bits per heavy atom. The average Bonchev–Trinajstić information content (AvgIpc) is 2.75. The lowest BCUT2D eigenvalue weighted by Gasteiger charge is -2.14. The molecular weight excluding hydrogens is 369 g/mol. The summed E-state index contributed by atoms with van der Waals surface area (Å²) in [7, 11) is 0. The van der Waals surface area contributed by atoms with Crippen molar-refractivity contribution < 1.29 is 14.0 Å². The minimum absolute atomic E-state index is 0.0496. The van der Waals surface area contributed by atoms with Crippen molar-refractivity contribution in [2.75, 3.05) is 17.2 Å². The Bertz CT molecular complexity index is 958. The topological polar surface area (TPSA) is 70.2 Å². The fraction of sp³-hybridized carbons (Fsp3) is 0.130. The average molecular weight is 391 g/mol. The number of hydrogen-bond donors (Lipinski definition) is 3. The van der Waals surface area contributed by atoms with Gasteiger partial charge in [-0.1, -0.05) is 30.3 Å². The van der Waals surface area contributed by atoms with E-state index in [0.29, 0.717) is 16.9 Å². The quantitative estimate of drug-likeness (QED) is 0.560. The van der Waals surface area contributed by atoms with Crippen molar-refractivity contribution in [2.24, 2.45) is 0 Å². The third-order valence-corrected chi connectivity index (χ3v) is 4.38. The Morgan fingerprint density at radius 3 is 2.14 bits per heavy atom. The van der Waals surface area contributed by atoms with E-state index in [-0.39, 0.29) is 30.2 Å². The molecule has 0 spiro atoms. The molecule has 3 aromatic rings. The zero-order chi connectivity index (χ0) is 20.6. The number of benzene rings is 3. The molecule has 0 saturated heterocycles. The highest BCUT2D eigenvalue weighted by atomic mass is 19.1. The Hall–Kier alpha value is -3.67. The lowest BCUT2D eigenvalue weighted by atomic mass is 10.1. The van der Waals surface area contributed by atoms with Crippen LogP contribution in [0.3, 0.4) is 0 Å². The molecule has 1 atom stereocenters. The molecule has 0 fully saturated rings. The van der Waals surface area contributed by atoms with Gasteiger partial charge in [-0.2, -0.15) is 0 Å². The molecule has 3 aromatic carbocycles. The fourth-order valence-electron chi connectivity index (χ4n) is 2.77. The maximum Gasteiger partial charge on any atom is 0.251 e. The van der Waals surface area contributed by atoms with Gasteiger partial charge in [-0.15, -0.1) is 0 Å². The first kappa shape index (κ1) is 20.1. The Balaban J connectivity index is 1.49. The Labute approximate surface area is 169 Å². The Morgan fingerprint density at radius 2 is 1.48 bits per heavy atom. The summed E-state index contributed by atoms with van der Waals surface area (Å²) < 4.78 is 12.9. The first-order chi connectivity index (χ1) is 14.0. The summed E-state index contributed by atoms with van der Waals surface area (Å²) in [5, 5.41) is 8.63. The number of nitrogens with one attached hydrogen (secondary N) is 3. The van der Waals surface area contributed by atoms with E-state index in [1.165, 1.54) is 24.3 Å². The summed E-state index contributed by atoms with van der Waals surface area (Å²) in [5.74, 6) is -0.777. The van der Waals surface area contributed by atoms with Crippen LogP contribution in [0.5, 0.6) is 0 Å². The first-order valence-corrected chi connectivity index (χ1v) is 9.26. The summed E-state index contributed by atoms with van der Waals surface area (Å²) in [4.78, 5) is 24.4. The van der Waals surface area contributed by atoms with Gasteiger partial charge in [0, 0.05) is 16.9 Å². The molecule has 0 heterocycles. The second kappa shape index (κ2) is 9.50. The molecule has 3 N–H and O–H groups in total. The largest absolute Gasteiger partial charge is 0.376 e. The highest BCUT2D eigenvalue weighted by Crippen LogP contribution is 2.14. The van der Waals surface area contributed by atoms with Crippen molar-refractivity contribution in [1.29, 1.82) is 0 Å². The molecule has 148 valence electrons. The minimum atomic E-state index is -0.358. The van der Waals surface area contributed by atoms with Crippen molar-refractivity contribution in [3.05, 3.63) is 95.8 Å². The molecule has 29 heavy (non-hydrogen) atoms. The van der Waals surface area contributed by atoms with Crippen molar-refractivity contribution in [2.45, 2.75) is 13.0 Å². The molecule has 2 amide bonds. The smallest absolute Gasteiger partial charge is 0.251 e. The van der Waals surface area contributed by atoms with E-state index in [1.807, 2.05) is 37.3 Å². The SMILES string of the molecule is CC(NC(=O)c1ccc(NCC(=O)Nc2ccc(F)cc2)cc1)c1ccccc1. The second-order valence-electron chi connectivity index (χ2n) is 6.59. The molecule has 5 nitrogen and oxygen atoms in total. The molecule has 0 bridgehead atoms. The number of carbonyl (C=O) groups excluding carboxylic acids is 2. The molecule has 0 saturated carbocycles. The van der Waals surface area contributed by atoms with Gasteiger partial charge in [0.25, 0.3) is 5.91 Å². The van der Waals surface area contributed by atoms with Crippen LogP contribution in [0, 0.1) is 5.82 Å². The molecule has 6 heteroatoms. The van der Waals surface area contributed by atoms with Crippen LogP contribution in [0.15, 0.2) is 78.9 Å². The van der Waals surface area contributed by atoms with Gasteiger partial charge in [-0.05, 0) is 61.0 Å². The first-order valence-electron chi connectivity index (χ1n) is 9.26. The van der Waals surface area contributed by atoms with Crippen molar-refractivity contribution in [3.8, 4) is 0 Å². The third kappa shape index (κ3) is 5.90. The molecule has 0 aromatic heterocycles. The van der Waals surface area contributed by atoms with Gasteiger partial charge in [0.2, 0.25) is 5.91 Å². The van der Waals surface area contributed by atoms with Gasteiger partial charge in [0.15, 0.2) is 0 Å². The Kier molecular flexibility index (Phi) is 6.58. The molecular formula is C23H22FN3O2. The third-order valence-electron chi connectivity index (χ3n) is 4.38. The number of hydrogen-bond acceptors (Lipinski definition) is 3. The summed E-state index contributed by atoms with van der Waals surface area (Å²) in [5.41, 5.74) is 2.81. The van der Waals surface area contributed by atoms with Gasteiger partial charge in [-0.3, -0.25) is 9.59 Å². The number of rotatable bonds is 7. The van der Waals surface area contributed by atoms with E-state index in [0.717, 1.165) is 5.56 Å². The number of amides is 2. The monoisotopic (exact) mass is 391 g/mol. The van der Waals surface area contributed by atoms with Gasteiger partial charge < -0.3 is 16.0 Å². The van der Waals surface area contributed by atoms with Crippen LogP contribution in [0.25, 0.3) is 0 Å². The van der Waals surface area contributed by atoms with E-state index in [9.17, 15) is 14.0 Å². The lowest BCUT2D eigenvalue weighted by molar-refractivity contribution is -0.114. The van der Waals surface area contributed by atoms with Crippen LogP contribution in [0.4, 0.5) is 15.8 Å². The van der Waals surface area contributed by atoms with Crippen LogP contribution in [0.1, 0.15) is 28.9 Å². The number of carbonyl (C=O) groups is 2. The molecule has 1 unspecified atom stereocenters. The maximum atomic E-state index is 12.9. The van der Waals surface area contributed by atoms with Gasteiger partial charge in [-0.25, -0.2) is 4.39 Å². The van der Waals surface area contributed by atoms with E-state index in [1.54, 1.807) is 24.3 Å². The van der Waals surface area contributed by atoms with Crippen molar-refractivity contribution in [1.82, 2.24) is 5.32 Å². The highest BCUT2D eigenvalue weighted by Gasteiger charge is 2.11. The van der Waals surface area contributed by atoms with Crippen molar-refractivity contribution in [3.63, 3.8) is 0 Å². The van der Waals surface area contributed by atoms with Crippen LogP contribution >= 0.6 is 0 Å². The number of halogens is 1. The molecule has 0 aliphatic heterocycles. The zero-order valence-electron chi connectivity index (χ0n) is 16.0. The van der Waals surface area contributed by atoms with Gasteiger partial charge in [0.05, 0.1) is 12.6 Å². The summed E-state index contributed by atoms with van der Waals surface area (Å²) in [6.07, 6.45) is 0. The predicted octanol–water partition coefficient (Wildman–Crippen LogP) is 4.37. The summed E-state index contributed by atoms with van der Waals surface area (Å²) in [6.45, 7) is 1.98. The van der Waals surface area contributed by atoms with Crippen LogP contribution < -0.4 is 16.0 Å². The van der Waals surface area contributed by atoms with Crippen molar-refractivity contribution >= 4 is 23.2 Å². The molecule has 0 aliphatic rings. The fourth-order valence-corrected chi connectivity index (χ4v) is 2.77. The van der Waals surface area contributed by atoms with Crippen LogP contribution in [0.2, 0.25) is 0 Å². The normalized spacial score (nSPS) is 11.4. The standard InChI is InChI=1S/C23H22FN3O2/c1-16(17-5-3-2-4-6-17)26-23(29)18-7-11-20(12-8-18)25-15-22(28)27-21-13-9-19(24)10-14-21/h2-14,16,25H,15H2,1H3,(H,26,29)(H,27,28). The van der Waals surface area contributed by atoms with Crippen LogP contribution in [-0.2, 0) is 4.79 Å². The molecule has 3 rings (SSSR count). The van der Waals surface area contributed by atoms with Gasteiger partial charge in [0.1, 0.15) is 5.82 Å². The maximum absolute atomic E-state index is 12.9. The minimum Gasteiger partial charge on any atom is -0.376 e. The van der Waals surface area contributed by atoms with Crippen LogP contribution in [-0.4, -0.2) is 18.4 Å². The predicted molar refractivity (Wildman–Crippen MR) is 112 cm³/mol. The second-order valence-corrected chi connectivity index (χ2v) is 6.59. The summed E-state index contributed by atoms with van der Waals surface area (Å²) >= 11 is 0. The molecule has 0 aliphatic carbocycles. The molecule has 0 radical (unpaired) electrons. The number of anilines is 2.